The average molecular weight is 278 g/mol. The van der Waals surface area contributed by atoms with Crippen LogP contribution in [0.4, 0.5) is 0 Å². The number of rotatable bonds is 1. The highest BCUT2D eigenvalue weighted by atomic mass is 16.5. The van der Waals surface area contributed by atoms with Crippen LogP contribution < -0.4 is 0 Å². The fraction of sp³-hybridized carbons (Fsp3) is 0.667. The second-order valence-electron chi connectivity index (χ2n) is 6.25. The number of furan rings is 1. The lowest BCUT2D eigenvalue weighted by molar-refractivity contribution is 0.0490. The fourth-order valence-corrected chi connectivity index (χ4v) is 3.51. The van der Waals surface area contributed by atoms with Crippen molar-refractivity contribution in [2.75, 3.05) is 46.4 Å². The molecule has 0 bridgehead atoms. The summed E-state index contributed by atoms with van der Waals surface area (Å²) in [6, 6.07) is 1.73. The Bertz CT molecular complexity index is 473. The van der Waals surface area contributed by atoms with Gasteiger partial charge in [0.1, 0.15) is 6.26 Å². The van der Waals surface area contributed by atoms with Gasteiger partial charge in [0.05, 0.1) is 25.0 Å². The number of likely N-dealkylation sites (tertiary alicyclic amines) is 1. The normalized spacial score (nSPS) is 31.7. The molecule has 3 rings (SSSR count). The summed E-state index contributed by atoms with van der Waals surface area (Å²) in [7, 11) is 2.14. The van der Waals surface area contributed by atoms with E-state index in [0.29, 0.717) is 24.6 Å². The van der Waals surface area contributed by atoms with Crippen molar-refractivity contribution >= 4 is 5.91 Å². The highest BCUT2D eigenvalue weighted by molar-refractivity contribution is 5.93. The van der Waals surface area contributed by atoms with E-state index < -0.39 is 0 Å². The molecule has 1 unspecified atom stereocenters. The Morgan fingerprint density at radius 1 is 1.45 bits per heavy atom. The molecule has 5 heteroatoms. The van der Waals surface area contributed by atoms with Gasteiger partial charge in [-0.1, -0.05) is 6.92 Å². The maximum Gasteiger partial charge on any atom is 0.257 e. The summed E-state index contributed by atoms with van der Waals surface area (Å²) in [4.78, 5) is 16.8. The van der Waals surface area contributed by atoms with Crippen LogP contribution >= 0.6 is 0 Å². The molecule has 3 heterocycles. The van der Waals surface area contributed by atoms with E-state index in [2.05, 4.69) is 18.9 Å². The molecule has 20 heavy (non-hydrogen) atoms. The van der Waals surface area contributed by atoms with E-state index in [-0.39, 0.29) is 11.3 Å². The number of nitrogens with zero attached hydrogens (tertiary/aromatic N) is 2. The zero-order valence-corrected chi connectivity index (χ0v) is 12.2. The summed E-state index contributed by atoms with van der Waals surface area (Å²) in [6.45, 7) is 7.10. The Morgan fingerprint density at radius 3 is 2.95 bits per heavy atom. The smallest absolute Gasteiger partial charge is 0.257 e. The van der Waals surface area contributed by atoms with E-state index in [4.69, 9.17) is 9.15 Å². The lowest BCUT2D eigenvalue weighted by Crippen LogP contribution is -2.45. The summed E-state index contributed by atoms with van der Waals surface area (Å²) in [5.74, 6) is 0.579. The van der Waals surface area contributed by atoms with E-state index in [1.165, 1.54) is 6.26 Å². The first-order valence-corrected chi connectivity index (χ1v) is 7.18. The Balaban J connectivity index is 1.81. The molecule has 2 aliphatic rings. The highest BCUT2D eigenvalue weighted by Gasteiger charge is 2.46. The highest BCUT2D eigenvalue weighted by Crippen LogP contribution is 2.37. The SMILES string of the molecule is CC1CN(C)C[C@@]12COCCN(C(=O)c1ccoc1)C2. The average Bonchev–Trinajstić information content (AvgIpc) is 2.96. The second kappa shape index (κ2) is 5.22. The van der Waals surface area contributed by atoms with Crippen molar-refractivity contribution < 1.29 is 13.9 Å². The first kappa shape index (κ1) is 13.6. The molecule has 2 atom stereocenters. The van der Waals surface area contributed by atoms with Gasteiger partial charge in [-0.25, -0.2) is 0 Å². The lowest BCUT2D eigenvalue weighted by Gasteiger charge is -2.34. The standard InChI is InChI=1S/C15H22N2O3/c1-12-7-16(2)9-15(12)10-17(4-6-20-11-15)14(18)13-3-5-19-8-13/h3,5,8,12H,4,6-7,9-11H2,1-2H3/t12?,15-/m1/s1. The molecule has 110 valence electrons. The van der Waals surface area contributed by atoms with Gasteiger partial charge in [0.25, 0.3) is 5.91 Å². The predicted molar refractivity (Wildman–Crippen MR) is 74.5 cm³/mol. The predicted octanol–water partition coefficient (Wildman–Crippen LogP) is 1.32. The van der Waals surface area contributed by atoms with Gasteiger partial charge in [0.15, 0.2) is 0 Å². The quantitative estimate of drug-likeness (QED) is 0.777. The summed E-state index contributed by atoms with van der Waals surface area (Å²) >= 11 is 0. The minimum atomic E-state index is 0.0466. The largest absolute Gasteiger partial charge is 0.472 e. The second-order valence-corrected chi connectivity index (χ2v) is 6.25. The molecule has 1 amide bonds. The number of carbonyl (C=O) groups is 1. The van der Waals surface area contributed by atoms with Crippen LogP contribution in [-0.2, 0) is 4.74 Å². The van der Waals surface area contributed by atoms with Crippen LogP contribution in [0.1, 0.15) is 17.3 Å². The third-order valence-electron chi connectivity index (χ3n) is 4.67. The minimum absolute atomic E-state index is 0.0466. The summed E-state index contributed by atoms with van der Waals surface area (Å²) in [5.41, 5.74) is 0.686. The Kier molecular flexibility index (Phi) is 3.56. The van der Waals surface area contributed by atoms with Crippen molar-refractivity contribution in [3.63, 3.8) is 0 Å². The van der Waals surface area contributed by atoms with Crippen LogP contribution in [0.25, 0.3) is 0 Å². The van der Waals surface area contributed by atoms with Gasteiger partial charge in [0, 0.05) is 31.6 Å². The van der Waals surface area contributed by atoms with Crippen molar-refractivity contribution in [2.24, 2.45) is 11.3 Å². The van der Waals surface area contributed by atoms with Gasteiger partial charge in [-0.05, 0) is 19.0 Å². The molecule has 2 aliphatic heterocycles. The van der Waals surface area contributed by atoms with Crippen molar-refractivity contribution in [1.29, 1.82) is 0 Å². The summed E-state index contributed by atoms with van der Waals surface area (Å²) < 4.78 is 10.8. The van der Waals surface area contributed by atoms with Crippen molar-refractivity contribution in [2.45, 2.75) is 6.92 Å². The molecule has 0 aliphatic carbocycles. The van der Waals surface area contributed by atoms with Crippen LogP contribution in [-0.4, -0.2) is 62.1 Å². The molecule has 0 aromatic carbocycles. The van der Waals surface area contributed by atoms with Gasteiger partial charge in [-0.2, -0.15) is 0 Å². The summed E-state index contributed by atoms with van der Waals surface area (Å²) in [6.07, 6.45) is 3.06. The number of hydrogen-bond donors (Lipinski definition) is 0. The maximum atomic E-state index is 12.5. The topological polar surface area (TPSA) is 45.9 Å². The van der Waals surface area contributed by atoms with Crippen LogP contribution in [0.15, 0.2) is 23.0 Å². The molecular formula is C15H22N2O3. The fourth-order valence-electron chi connectivity index (χ4n) is 3.51. The van der Waals surface area contributed by atoms with Crippen molar-refractivity contribution in [3.8, 4) is 0 Å². The van der Waals surface area contributed by atoms with E-state index >= 15 is 0 Å². The van der Waals surface area contributed by atoms with Crippen LogP contribution in [0.3, 0.4) is 0 Å². The Hall–Kier alpha value is -1.33. The van der Waals surface area contributed by atoms with Crippen LogP contribution in [0, 0.1) is 11.3 Å². The van der Waals surface area contributed by atoms with E-state index in [0.717, 1.165) is 26.2 Å². The Labute approximate surface area is 119 Å². The van der Waals surface area contributed by atoms with Gasteiger partial charge >= 0.3 is 0 Å². The molecule has 1 aromatic heterocycles. The molecule has 2 saturated heterocycles. The van der Waals surface area contributed by atoms with E-state index in [1.807, 2.05) is 4.90 Å². The molecule has 2 fully saturated rings. The molecule has 5 nitrogen and oxygen atoms in total. The number of carbonyl (C=O) groups excluding carboxylic acids is 1. The first-order valence-electron chi connectivity index (χ1n) is 7.18. The van der Waals surface area contributed by atoms with Gasteiger partial charge in [0.2, 0.25) is 0 Å². The maximum absolute atomic E-state index is 12.5. The zero-order chi connectivity index (χ0) is 14.2. The number of hydrogen-bond acceptors (Lipinski definition) is 4. The molecule has 1 spiro atoms. The van der Waals surface area contributed by atoms with E-state index in [1.54, 1.807) is 12.3 Å². The summed E-state index contributed by atoms with van der Waals surface area (Å²) in [5, 5.41) is 0. The van der Waals surface area contributed by atoms with E-state index in [9.17, 15) is 4.79 Å². The monoisotopic (exact) mass is 278 g/mol. The molecule has 0 radical (unpaired) electrons. The number of amides is 1. The zero-order valence-electron chi connectivity index (χ0n) is 12.2. The van der Waals surface area contributed by atoms with Gasteiger partial charge in [-0.15, -0.1) is 0 Å². The first-order chi connectivity index (χ1) is 9.61. The van der Waals surface area contributed by atoms with Crippen LogP contribution in [0.5, 0.6) is 0 Å². The van der Waals surface area contributed by atoms with Crippen molar-refractivity contribution in [1.82, 2.24) is 9.80 Å². The van der Waals surface area contributed by atoms with Crippen molar-refractivity contribution in [3.05, 3.63) is 24.2 Å². The Morgan fingerprint density at radius 2 is 2.30 bits per heavy atom. The third-order valence-corrected chi connectivity index (χ3v) is 4.67. The molecular weight excluding hydrogens is 256 g/mol. The number of ether oxygens (including phenoxy) is 1. The molecule has 1 aromatic rings. The third kappa shape index (κ3) is 2.36. The lowest BCUT2D eigenvalue weighted by atomic mass is 9.79. The molecule has 0 N–H and O–H groups in total. The molecule has 0 saturated carbocycles. The van der Waals surface area contributed by atoms with Crippen LogP contribution in [0.2, 0.25) is 0 Å². The van der Waals surface area contributed by atoms with Gasteiger partial charge < -0.3 is 19.0 Å². The van der Waals surface area contributed by atoms with Gasteiger partial charge in [-0.3, -0.25) is 4.79 Å². The minimum Gasteiger partial charge on any atom is -0.472 e.